The number of ether oxygens (including phenoxy) is 1. The predicted octanol–water partition coefficient (Wildman–Crippen LogP) is 3.20. The molecule has 0 fully saturated rings. The average Bonchev–Trinajstić information content (AvgIpc) is 2.26. The Morgan fingerprint density at radius 3 is 2.69 bits per heavy atom. The number of hydrogen-bond acceptors (Lipinski definition) is 3. The Morgan fingerprint density at radius 2 is 2.25 bits per heavy atom. The van der Waals surface area contributed by atoms with Gasteiger partial charge in [0.2, 0.25) is 0 Å². The van der Waals surface area contributed by atoms with Crippen molar-refractivity contribution < 1.29 is 18.3 Å². The van der Waals surface area contributed by atoms with E-state index < -0.39 is 18.0 Å². The lowest BCUT2D eigenvalue weighted by Gasteiger charge is -2.11. The molecule has 0 N–H and O–H groups in total. The van der Waals surface area contributed by atoms with Gasteiger partial charge >= 0.3 is 5.97 Å². The first-order valence-corrected chi connectivity index (χ1v) is 5.03. The third kappa shape index (κ3) is 2.41. The molecule has 0 amide bonds. The van der Waals surface area contributed by atoms with Crippen molar-refractivity contribution in [2.75, 3.05) is 7.11 Å². The molecule has 1 rings (SSSR count). The van der Waals surface area contributed by atoms with Gasteiger partial charge in [0.05, 0.1) is 18.0 Å². The van der Waals surface area contributed by atoms with E-state index in [0.717, 1.165) is 13.3 Å². The monoisotopic (exact) mass is 269 g/mol. The first-order chi connectivity index (χ1) is 7.52. The molecule has 0 saturated heterocycles. The van der Waals surface area contributed by atoms with Crippen LogP contribution < -0.4 is 0 Å². The van der Waals surface area contributed by atoms with E-state index in [-0.39, 0.29) is 22.2 Å². The molecular weight excluding hydrogens is 263 g/mol. The minimum absolute atomic E-state index is 0.101. The smallest absolute Gasteiger partial charge is 0.356 e. The van der Waals surface area contributed by atoms with Gasteiger partial charge < -0.3 is 4.74 Å². The van der Waals surface area contributed by atoms with Crippen LogP contribution in [0.15, 0.2) is 6.20 Å². The van der Waals surface area contributed by atoms with Crippen molar-refractivity contribution in [3.8, 4) is 0 Å². The highest BCUT2D eigenvalue weighted by Crippen LogP contribution is 2.32. The van der Waals surface area contributed by atoms with Crippen LogP contribution in [0.4, 0.5) is 8.78 Å². The zero-order valence-corrected chi connectivity index (χ0v) is 9.65. The third-order valence-electron chi connectivity index (χ3n) is 1.91. The molecule has 0 aliphatic rings. The Labute approximate surface area is 100 Å². The molecule has 7 heteroatoms. The maximum atomic E-state index is 12.7. The molecule has 0 aromatic carbocycles. The van der Waals surface area contributed by atoms with Crippen molar-refractivity contribution in [1.29, 1.82) is 0 Å². The van der Waals surface area contributed by atoms with Crippen LogP contribution in [0.5, 0.6) is 0 Å². The summed E-state index contributed by atoms with van der Waals surface area (Å²) in [5.74, 6) is -1.12. The van der Waals surface area contributed by atoms with Gasteiger partial charge in [0, 0.05) is 17.3 Å². The van der Waals surface area contributed by atoms with E-state index in [1.165, 1.54) is 0 Å². The fourth-order valence-corrected chi connectivity index (χ4v) is 1.70. The summed E-state index contributed by atoms with van der Waals surface area (Å²) in [6.07, 6.45) is -1.85. The number of nitrogens with zero attached hydrogens (tertiary/aromatic N) is 1. The van der Waals surface area contributed by atoms with Gasteiger partial charge in [0.25, 0.3) is 6.43 Å². The lowest BCUT2D eigenvalue weighted by molar-refractivity contribution is 0.0592. The number of carbonyl (C=O) groups is 1. The standard InChI is InChI=1S/C9H7Cl2F2NO2/c1-16-9(15)7-4(2-10)6(8(12)13)5(11)3-14-7/h3,8H,2H2,1H3. The number of pyridine rings is 1. The van der Waals surface area contributed by atoms with Crippen LogP contribution in [0.3, 0.4) is 0 Å². The zero-order chi connectivity index (χ0) is 12.3. The number of hydrogen-bond donors (Lipinski definition) is 0. The van der Waals surface area contributed by atoms with E-state index in [1.807, 2.05) is 0 Å². The molecule has 16 heavy (non-hydrogen) atoms. The van der Waals surface area contributed by atoms with Crippen molar-refractivity contribution in [1.82, 2.24) is 4.98 Å². The summed E-state index contributed by atoms with van der Waals surface area (Å²) < 4.78 is 29.8. The number of carbonyl (C=O) groups excluding carboxylic acids is 1. The van der Waals surface area contributed by atoms with Gasteiger partial charge in [0.15, 0.2) is 5.69 Å². The second-order valence-corrected chi connectivity index (χ2v) is 3.45. The minimum Gasteiger partial charge on any atom is -0.464 e. The summed E-state index contributed by atoms with van der Waals surface area (Å²) in [6.45, 7) is 0. The van der Waals surface area contributed by atoms with E-state index in [1.54, 1.807) is 0 Å². The van der Waals surface area contributed by atoms with Crippen LogP contribution in [0.2, 0.25) is 5.02 Å². The van der Waals surface area contributed by atoms with Crippen molar-refractivity contribution in [3.05, 3.63) is 28.0 Å². The molecule has 88 valence electrons. The van der Waals surface area contributed by atoms with Crippen LogP contribution in [-0.2, 0) is 10.6 Å². The highest BCUT2D eigenvalue weighted by molar-refractivity contribution is 6.31. The van der Waals surface area contributed by atoms with E-state index in [4.69, 9.17) is 23.2 Å². The summed E-state index contributed by atoms with van der Waals surface area (Å²) in [6, 6.07) is 0. The third-order valence-corrected chi connectivity index (χ3v) is 2.47. The van der Waals surface area contributed by atoms with Crippen molar-refractivity contribution >= 4 is 29.2 Å². The number of esters is 1. The lowest BCUT2D eigenvalue weighted by atomic mass is 10.1. The second-order valence-electron chi connectivity index (χ2n) is 2.77. The molecule has 0 aliphatic carbocycles. The summed E-state index contributed by atoms with van der Waals surface area (Å²) in [5.41, 5.74) is -0.819. The Kier molecular flexibility index (Phi) is 4.44. The number of methoxy groups -OCH3 is 1. The molecule has 0 spiro atoms. The fourth-order valence-electron chi connectivity index (χ4n) is 1.18. The van der Waals surface area contributed by atoms with Crippen LogP contribution in [0.25, 0.3) is 0 Å². The Morgan fingerprint density at radius 1 is 1.62 bits per heavy atom. The quantitative estimate of drug-likeness (QED) is 0.625. The average molecular weight is 270 g/mol. The van der Waals surface area contributed by atoms with Gasteiger partial charge in [-0.15, -0.1) is 11.6 Å². The van der Waals surface area contributed by atoms with Crippen molar-refractivity contribution in [3.63, 3.8) is 0 Å². The van der Waals surface area contributed by atoms with Gasteiger partial charge in [-0.3, -0.25) is 0 Å². The maximum Gasteiger partial charge on any atom is 0.356 e. The van der Waals surface area contributed by atoms with Crippen LogP contribution in [0, 0.1) is 0 Å². The minimum atomic E-state index is -2.83. The number of aromatic nitrogens is 1. The van der Waals surface area contributed by atoms with E-state index in [0.29, 0.717) is 0 Å². The summed E-state index contributed by atoms with van der Waals surface area (Å²) in [4.78, 5) is 14.9. The Balaban J connectivity index is 3.42. The van der Waals surface area contributed by atoms with Gasteiger partial charge in [-0.05, 0) is 0 Å². The van der Waals surface area contributed by atoms with E-state index in [2.05, 4.69) is 9.72 Å². The van der Waals surface area contributed by atoms with E-state index >= 15 is 0 Å². The van der Waals surface area contributed by atoms with Crippen LogP contribution >= 0.6 is 23.2 Å². The molecular formula is C9H7Cl2F2NO2. The fraction of sp³-hybridized carbons (Fsp3) is 0.333. The van der Waals surface area contributed by atoms with Gasteiger partial charge in [0.1, 0.15) is 0 Å². The highest BCUT2D eigenvalue weighted by atomic mass is 35.5. The largest absolute Gasteiger partial charge is 0.464 e. The SMILES string of the molecule is COC(=O)c1ncc(Cl)c(C(F)F)c1CCl. The Hall–Kier alpha value is -0.940. The number of halogens is 4. The van der Waals surface area contributed by atoms with Gasteiger partial charge in [-0.1, -0.05) is 11.6 Å². The molecule has 1 heterocycles. The summed E-state index contributed by atoms with van der Waals surface area (Å²) >= 11 is 11.1. The van der Waals surface area contributed by atoms with Gasteiger partial charge in [-0.25, -0.2) is 18.6 Å². The summed E-state index contributed by atoms with van der Waals surface area (Å²) in [7, 11) is 1.12. The van der Waals surface area contributed by atoms with E-state index in [9.17, 15) is 13.6 Å². The number of alkyl halides is 3. The molecule has 0 unspecified atom stereocenters. The molecule has 0 bridgehead atoms. The van der Waals surface area contributed by atoms with Crippen LogP contribution in [-0.4, -0.2) is 18.1 Å². The molecule has 0 radical (unpaired) electrons. The van der Waals surface area contributed by atoms with Gasteiger partial charge in [-0.2, -0.15) is 0 Å². The van der Waals surface area contributed by atoms with Crippen molar-refractivity contribution in [2.45, 2.75) is 12.3 Å². The topological polar surface area (TPSA) is 39.2 Å². The summed E-state index contributed by atoms with van der Waals surface area (Å²) in [5, 5.41) is -0.224. The molecule has 0 aliphatic heterocycles. The lowest BCUT2D eigenvalue weighted by Crippen LogP contribution is -2.11. The maximum absolute atomic E-state index is 12.7. The first kappa shape index (κ1) is 13.1. The highest BCUT2D eigenvalue weighted by Gasteiger charge is 2.24. The predicted molar refractivity (Wildman–Crippen MR) is 55.1 cm³/mol. The van der Waals surface area contributed by atoms with Crippen molar-refractivity contribution in [2.24, 2.45) is 0 Å². The molecule has 0 atom stereocenters. The second kappa shape index (κ2) is 5.41. The molecule has 1 aromatic heterocycles. The zero-order valence-electron chi connectivity index (χ0n) is 8.14. The number of rotatable bonds is 3. The first-order valence-electron chi connectivity index (χ1n) is 4.12. The Bertz CT molecular complexity index is 413. The van der Waals surface area contributed by atoms with Crippen LogP contribution in [0.1, 0.15) is 28.0 Å². The molecule has 3 nitrogen and oxygen atoms in total. The normalized spacial score (nSPS) is 10.6. The molecule has 0 saturated carbocycles. The molecule has 1 aromatic rings.